The van der Waals surface area contributed by atoms with Gasteiger partial charge in [0.15, 0.2) is 0 Å². The molecule has 7 nitrogen and oxygen atoms in total. The standard InChI is InChI=1S/C21H25N3O4S2/c1-2-15-4-3-5-18-16(13-23-21(15)18)12-19(25)22-14-17-6-7-20(29-17)30(26,27)24-8-10-28-11-9-24/h3-7,13,23H,2,8-12,14H2,1H3,(H,22,25). The Kier molecular flexibility index (Phi) is 6.24. The number of thiophene rings is 1. The number of carbonyl (C=O) groups is 1. The number of benzene rings is 1. The molecule has 4 rings (SSSR count). The summed E-state index contributed by atoms with van der Waals surface area (Å²) in [6, 6.07) is 9.50. The number of aromatic nitrogens is 1. The molecule has 1 amide bonds. The molecule has 1 aliphatic heterocycles. The highest BCUT2D eigenvalue weighted by molar-refractivity contribution is 7.91. The first-order valence-electron chi connectivity index (χ1n) is 10.00. The highest BCUT2D eigenvalue weighted by atomic mass is 32.2. The van der Waals surface area contributed by atoms with E-state index in [9.17, 15) is 13.2 Å². The van der Waals surface area contributed by atoms with Crippen molar-refractivity contribution in [2.45, 2.75) is 30.5 Å². The van der Waals surface area contributed by atoms with Gasteiger partial charge >= 0.3 is 0 Å². The van der Waals surface area contributed by atoms with Crippen LogP contribution in [0.3, 0.4) is 0 Å². The molecule has 1 fully saturated rings. The third-order valence-electron chi connectivity index (χ3n) is 5.28. The number of rotatable bonds is 7. The number of hydrogen-bond donors (Lipinski definition) is 2. The third-order valence-corrected chi connectivity index (χ3v) is 8.73. The van der Waals surface area contributed by atoms with Gasteiger partial charge in [-0.15, -0.1) is 11.3 Å². The Hall–Kier alpha value is -2.20. The number of H-pyrrole nitrogens is 1. The van der Waals surface area contributed by atoms with E-state index in [4.69, 9.17) is 4.74 Å². The van der Waals surface area contributed by atoms with Crippen LogP contribution in [0.15, 0.2) is 40.7 Å². The molecule has 0 saturated carbocycles. The molecule has 1 saturated heterocycles. The van der Waals surface area contributed by atoms with Gasteiger partial charge in [-0.25, -0.2) is 8.42 Å². The monoisotopic (exact) mass is 447 g/mol. The Morgan fingerprint density at radius 1 is 1.20 bits per heavy atom. The number of hydrogen-bond acceptors (Lipinski definition) is 5. The van der Waals surface area contributed by atoms with E-state index in [1.165, 1.54) is 21.2 Å². The van der Waals surface area contributed by atoms with E-state index < -0.39 is 10.0 Å². The lowest BCUT2D eigenvalue weighted by molar-refractivity contribution is -0.120. The molecular formula is C21H25N3O4S2. The van der Waals surface area contributed by atoms with Gasteiger partial charge in [0, 0.05) is 35.1 Å². The van der Waals surface area contributed by atoms with Gasteiger partial charge in [-0.3, -0.25) is 4.79 Å². The van der Waals surface area contributed by atoms with Crippen LogP contribution in [0, 0.1) is 0 Å². The number of aromatic amines is 1. The number of carbonyl (C=O) groups excluding carboxylic acids is 1. The first-order valence-corrected chi connectivity index (χ1v) is 12.3. The Balaban J connectivity index is 1.38. The fraction of sp³-hybridized carbons (Fsp3) is 0.381. The quantitative estimate of drug-likeness (QED) is 0.583. The van der Waals surface area contributed by atoms with Crippen LogP contribution < -0.4 is 5.32 Å². The van der Waals surface area contributed by atoms with Crippen LogP contribution in [0.2, 0.25) is 0 Å². The van der Waals surface area contributed by atoms with Crippen molar-refractivity contribution in [3.63, 3.8) is 0 Å². The van der Waals surface area contributed by atoms with Crippen molar-refractivity contribution < 1.29 is 17.9 Å². The van der Waals surface area contributed by atoms with Crippen LogP contribution in [0.4, 0.5) is 0 Å². The number of ether oxygens (including phenoxy) is 1. The molecule has 0 spiro atoms. The molecule has 0 radical (unpaired) electrons. The first kappa shape index (κ1) is 21.0. The molecule has 2 aromatic heterocycles. The van der Waals surface area contributed by atoms with Crippen LogP contribution in [-0.2, 0) is 38.9 Å². The number of aryl methyl sites for hydroxylation is 1. The summed E-state index contributed by atoms with van der Waals surface area (Å²) in [6.45, 7) is 4.00. The average molecular weight is 448 g/mol. The van der Waals surface area contributed by atoms with Crippen molar-refractivity contribution >= 4 is 38.2 Å². The Labute approximate surface area is 180 Å². The zero-order valence-electron chi connectivity index (χ0n) is 16.8. The van der Waals surface area contributed by atoms with Crippen molar-refractivity contribution in [3.05, 3.63) is 52.5 Å². The molecule has 30 heavy (non-hydrogen) atoms. The predicted octanol–water partition coefficient (Wildman–Crippen LogP) is 2.67. The van der Waals surface area contributed by atoms with Crippen molar-refractivity contribution in [3.8, 4) is 0 Å². The van der Waals surface area contributed by atoms with E-state index in [-0.39, 0.29) is 12.3 Å². The molecule has 9 heteroatoms. The summed E-state index contributed by atoms with van der Waals surface area (Å²) < 4.78 is 32.4. The lowest BCUT2D eigenvalue weighted by Crippen LogP contribution is -2.40. The molecule has 0 aliphatic carbocycles. The van der Waals surface area contributed by atoms with Crippen molar-refractivity contribution in [2.24, 2.45) is 0 Å². The maximum atomic E-state index is 12.7. The van der Waals surface area contributed by atoms with Crippen LogP contribution in [-0.4, -0.2) is 49.9 Å². The highest BCUT2D eigenvalue weighted by Gasteiger charge is 2.27. The third kappa shape index (κ3) is 4.29. The van der Waals surface area contributed by atoms with E-state index in [1.54, 1.807) is 12.1 Å². The minimum atomic E-state index is -3.50. The van der Waals surface area contributed by atoms with Crippen LogP contribution in [0.5, 0.6) is 0 Å². The summed E-state index contributed by atoms with van der Waals surface area (Å²) in [6.07, 6.45) is 3.09. The van der Waals surface area contributed by atoms with Gasteiger partial charge < -0.3 is 15.0 Å². The van der Waals surface area contributed by atoms with Gasteiger partial charge in [0.1, 0.15) is 4.21 Å². The second-order valence-electron chi connectivity index (χ2n) is 7.20. The molecule has 0 atom stereocenters. The van der Waals surface area contributed by atoms with Crippen LogP contribution in [0.25, 0.3) is 10.9 Å². The smallest absolute Gasteiger partial charge is 0.252 e. The molecule has 2 N–H and O–H groups in total. The van der Waals surface area contributed by atoms with Crippen LogP contribution >= 0.6 is 11.3 Å². The summed E-state index contributed by atoms with van der Waals surface area (Å²) in [5.41, 5.74) is 3.27. The van der Waals surface area contributed by atoms with E-state index in [0.29, 0.717) is 37.1 Å². The molecule has 3 aromatic rings. The minimum Gasteiger partial charge on any atom is -0.379 e. The first-order chi connectivity index (χ1) is 14.5. The lowest BCUT2D eigenvalue weighted by Gasteiger charge is -2.25. The Morgan fingerprint density at radius 2 is 2.00 bits per heavy atom. The van der Waals surface area contributed by atoms with Gasteiger partial charge in [-0.05, 0) is 29.7 Å². The summed E-state index contributed by atoms with van der Waals surface area (Å²) in [7, 11) is -3.50. The number of nitrogens with one attached hydrogen (secondary N) is 2. The molecule has 1 aromatic carbocycles. The minimum absolute atomic E-state index is 0.0937. The van der Waals surface area contributed by atoms with Gasteiger partial charge in [0.2, 0.25) is 5.91 Å². The van der Waals surface area contributed by atoms with Gasteiger partial charge in [0.25, 0.3) is 10.0 Å². The fourth-order valence-corrected chi connectivity index (χ4v) is 6.50. The van der Waals surface area contributed by atoms with E-state index >= 15 is 0 Å². The second-order valence-corrected chi connectivity index (χ2v) is 10.5. The maximum absolute atomic E-state index is 12.7. The number of morpholine rings is 1. The van der Waals surface area contributed by atoms with E-state index in [0.717, 1.165) is 27.8 Å². The zero-order valence-corrected chi connectivity index (χ0v) is 18.4. The second kappa shape index (κ2) is 8.89. The topological polar surface area (TPSA) is 91.5 Å². The predicted molar refractivity (Wildman–Crippen MR) is 117 cm³/mol. The number of nitrogens with zero attached hydrogens (tertiary/aromatic N) is 1. The molecule has 0 bridgehead atoms. The SMILES string of the molecule is CCc1cccc2c(CC(=O)NCc3ccc(S(=O)(=O)N4CCOCC4)s3)c[nH]c12. The van der Waals surface area contributed by atoms with Crippen molar-refractivity contribution in [1.82, 2.24) is 14.6 Å². The maximum Gasteiger partial charge on any atom is 0.252 e. The highest BCUT2D eigenvalue weighted by Crippen LogP contribution is 2.26. The van der Waals surface area contributed by atoms with Crippen LogP contribution in [0.1, 0.15) is 22.9 Å². The summed E-state index contributed by atoms with van der Waals surface area (Å²) in [4.78, 5) is 16.6. The van der Waals surface area contributed by atoms with E-state index in [1.807, 2.05) is 18.3 Å². The Morgan fingerprint density at radius 3 is 2.77 bits per heavy atom. The summed E-state index contributed by atoms with van der Waals surface area (Å²) >= 11 is 1.20. The molecule has 1 aliphatic rings. The number of para-hydroxylation sites is 1. The molecule has 3 heterocycles. The fourth-order valence-electron chi connectivity index (χ4n) is 3.64. The molecule has 0 unspecified atom stereocenters. The van der Waals surface area contributed by atoms with Crippen molar-refractivity contribution in [2.75, 3.05) is 26.3 Å². The largest absolute Gasteiger partial charge is 0.379 e. The molecular weight excluding hydrogens is 422 g/mol. The average Bonchev–Trinajstić information content (AvgIpc) is 3.41. The number of fused-ring (bicyclic) bond motifs is 1. The van der Waals surface area contributed by atoms with Crippen molar-refractivity contribution in [1.29, 1.82) is 0 Å². The normalized spacial score (nSPS) is 15.5. The van der Waals surface area contributed by atoms with Gasteiger partial charge in [0.05, 0.1) is 26.2 Å². The number of sulfonamides is 1. The van der Waals surface area contributed by atoms with Gasteiger partial charge in [-0.1, -0.05) is 25.1 Å². The molecule has 160 valence electrons. The van der Waals surface area contributed by atoms with E-state index in [2.05, 4.69) is 23.3 Å². The Bertz CT molecular complexity index is 1140. The van der Waals surface area contributed by atoms with Gasteiger partial charge in [-0.2, -0.15) is 4.31 Å². The number of amides is 1. The zero-order chi connectivity index (χ0) is 21.1. The lowest BCUT2D eigenvalue weighted by atomic mass is 10.1. The summed E-state index contributed by atoms with van der Waals surface area (Å²) in [5.74, 6) is -0.0937. The summed E-state index contributed by atoms with van der Waals surface area (Å²) in [5, 5.41) is 3.97.